The molecule has 0 unspecified atom stereocenters. The molecule has 0 saturated heterocycles. The van der Waals surface area contributed by atoms with Crippen molar-refractivity contribution in [3.63, 3.8) is 0 Å². The second-order valence-electron chi connectivity index (χ2n) is 5.58. The highest BCUT2D eigenvalue weighted by molar-refractivity contribution is 6.24. The molecule has 0 bridgehead atoms. The van der Waals surface area contributed by atoms with Crippen LogP contribution < -0.4 is 4.74 Å². The Bertz CT molecular complexity index is 932. The Balaban J connectivity index is 2.38. The van der Waals surface area contributed by atoms with Gasteiger partial charge in [0.15, 0.2) is 0 Å². The molecule has 98 valence electrons. The zero-order chi connectivity index (χ0) is 13.9. The molecule has 0 heterocycles. The number of aryl methyl sites for hydroxylation is 2. The maximum Gasteiger partial charge on any atom is 0.127 e. The molecule has 0 aromatic heterocycles. The predicted octanol–water partition coefficient (Wildman–Crippen LogP) is 5.21. The Kier molecular flexibility index (Phi) is 2.23. The summed E-state index contributed by atoms with van der Waals surface area (Å²) in [7, 11) is 1.75. The quantitative estimate of drug-likeness (QED) is 0.427. The Labute approximate surface area is 118 Å². The van der Waals surface area contributed by atoms with E-state index in [0.29, 0.717) is 0 Å². The molecule has 0 spiro atoms. The molecule has 0 radical (unpaired) electrons. The number of hydrogen-bond donors (Lipinski definition) is 0. The minimum atomic E-state index is 0.963. The summed E-state index contributed by atoms with van der Waals surface area (Å²) in [5.74, 6) is 0.963. The molecule has 1 nitrogen and oxygen atoms in total. The van der Waals surface area contributed by atoms with E-state index in [0.717, 1.165) is 5.75 Å². The summed E-state index contributed by atoms with van der Waals surface area (Å²) in [6, 6.07) is 15.5. The lowest BCUT2D eigenvalue weighted by atomic mass is 9.91. The molecule has 0 atom stereocenters. The molecule has 4 aromatic carbocycles. The molecular formula is C19H16O. The van der Waals surface area contributed by atoms with Gasteiger partial charge in [0.25, 0.3) is 0 Å². The van der Waals surface area contributed by atoms with Gasteiger partial charge in [-0.15, -0.1) is 0 Å². The highest BCUT2D eigenvalue weighted by atomic mass is 16.5. The maximum atomic E-state index is 5.58. The van der Waals surface area contributed by atoms with Crippen molar-refractivity contribution in [3.8, 4) is 5.75 Å². The number of ether oxygens (including phenoxy) is 1. The monoisotopic (exact) mass is 260 g/mol. The smallest absolute Gasteiger partial charge is 0.127 e. The van der Waals surface area contributed by atoms with Gasteiger partial charge in [-0.3, -0.25) is 0 Å². The fourth-order valence-electron chi connectivity index (χ4n) is 3.38. The van der Waals surface area contributed by atoms with Gasteiger partial charge in [-0.1, -0.05) is 30.3 Å². The number of methoxy groups -OCH3 is 1. The molecular weight excluding hydrogens is 244 g/mol. The Morgan fingerprint density at radius 1 is 0.750 bits per heavy atom. The van der Waals surface area contributed by atoms with Crippen LogP contribution in [0.2, 0.25) is 0 Å². The zero-order valence-electron chi connectivity index (χ0n) is 11.9. The lowest BCUT2D eigenvalue weighted by molar-refractivity contribution is 0.419. The summed E-state index contributed by atoms with van der Waals surface area (Å²) in [6.45, 7) is 4.31. The average molecular weight is 260 g/mol. The Morgan fingerprint density at radius 2 is 1.40 bits per heavy atom. The minimum Gasteiger partial charge on any atom is -0.496 e. The predicted molar refractivity (Wildman–Crippen MR) is 86.2 cm³/mol. The molecule has 0 amide bonds. The standard InChI is InChI=1S/C19H16O/c1-11-8-13-4-6-15-12(2)10-17(20-3)16-7-5-14(9-11)18(13)19(15)16/h4-10H,1-3H3. The topological polar surface area (TPSA) is 9.23 Å². The van der Waals surface area contributed by atoms with Crippen molar-refractivity contribution in [3.05, 3.63) is 53.6 Å². The summed E-state index contributed by atoms with van der Waals surface area (Å²) in [6.07, 6.45) is 0. The van der Waals surface area contributed by atoms with E-state index in [2.05, 4.69) is 56.3 Å². The normalized spacial score (nSPS) is 11.8. The lowest BCUT2D eigenvalue weighted by Gasteiger charge is -2.15. The van der Waals surface area contributed by atoms with E-state index >= 15 is 0 Å². The van der Waals surface area contributed by atoms with Gasteiger partial charge in [0.2, 0.25) is 0 Å². The second kappa shape index (κ2) is 3.86. The van der Waals surface area contributed by atoms with Crippen LogP contribution in [0.25, 0.3) is 32.3 Å². The van der Waals surface area contributed by atoms with Gasteiger partial charge in [-0.25, -0.2) is 0 Å². The van der Waals surface area contributed by atoms with Gasteiger partial charge in [0.05, 0.1) is 7.11 Å². The summed E-state index contributed by atoms with van der Waals surface area (Å²) >= 11 is 0. The fourth-order valence-corrected chi connectivity index (χ4v) is 3.38. The van der Waals surface area contributed by atoms with E-state index in [-0.39, 0.29) is 0 Å². The van der Waals surface area contributed by atoms with Crippen LogP contribution in [0.5, 0.6) is 5.75 Å². The van der Waals surface area contributed by atoms with Gasteiger partial charge in [-0.05, 0) is 58.7 Å². The first-order chi connectivity index (χ1) is 9.69. The second-order valence-corrected chi connectivity index (χ2v) is 5.58. The maximum absolute atomic E-state index is 5.58. The van der Waals surface area contributed by atoms with Crippen molar-refractivity contribution >= 4 is 32.3 Å². The Hall–Kier alpha value is -2.28. The van der Waals surface area contributed by atoms with Crippen LogP contribution in [0.4, 0.5) is 0 Å². The molecule has 1 heteroatoms. The summed E-state index contributed by atoms with van der Waals surface area (Å²) in [5, 5.41) is 7.83. The average Bonchev–Trinajstić information content (AvgIpc) is 2.45. The SMILES string of the molecule is COc1cc(C)c2ccc3cc(C)cc4ccc1c2c34. The number of benzene rings is 4. The van der Waals surface area contributed by atoms with Crippen molar-refractivity contribution in [1.29, 1.82) is 0 Å². The van der Waals surface area contributed by atoms with E-state index in [4.69, 9.17) is 4.74 Å². The van der Waals surface area contributed by atoms with Crippen LogP contribution in [0.15, 0.2) is 42.5 Å². The number of rotatable bonds is 1. The first-order valence-electron chi connectivity index (χ1n) is 6.92. The van der Waals surface area contributed by atoms with Crippen molar-refractivity contribution in [1.82, 2.24) is 0 Å². The highest BCUT2D eigenvalue weighted by Crippen LogP contribution is 2.40. The number of hydrogen-bond acceptors (Lipinski definition) is 1. The van der Waals surface area contributed by atoms with Gasteiger partial charge in [0.1, 0.15) is 5.75 Å². The third-order valence-electron chi connectivity index (χ3n) is 4.25. The van der Waals surface area contributed by atoms with Crippen LogP contribution >= 0.6 is 0 Å². The van der Waals surface area contributed by atoms with Crippen molar-refractivity contribution in [2.75, 3.05) is 7.11 Å². The third kappa shape index (κ3) is 1.38. The molecule has 4 rings (SSSR count). The molecule has 0 aliphatic carbocycles. The van der Waals surface area contributed by atoms with Crippen molar-refractivity contribution < 1.29 is 4.74 Å². The molecule has 0 aliphatic heterocycles. The highest BCUT2D eigenvalue weighted by Gasteiger charge is 2.13. The van der Waals surface area contributed by atoms with Gasteiger partial charge in [-0.2, -0.15) is 0 Å². The summed E-state index contributed by atoms with van der Waals surface area (Å²) in [5.41, 5.74) is 2.57. The largest absolute Gasteiger partial charge is 0.496 e. The Morgan fingerprint density at radius 3 is 2.05 bits per heavy atom. The minimum absolute atomic E-state index is 0.963. The zero-order valence-corrected chi connectivity index (χ0v) is 11.9. The first-order valence-corrected chi connectivity index (χ1v) is 6.92. The molecule has 0 saturated carbocycles. The molecule has 4 aromatic rings. The van der Waals surface area contributed by atoms with E-state index in [9.17, 15) is 0 Å². The van der Waals surface area contributed by atoms with Crippen LogP contribution in [0.1, 0.15) is 11.1 Å². The van der Waals surface area contributed by atoms with E-state index < -0.39 is 0 Å². The first kappa shape index (κ1) is 11.5. The van der Waals surface area contributed by atoms with E-state index in [1.54, 1.807) is 7.11 Å². The van der Waals surface area contributed by atoms with Crippen LogP contribution in [0, 0.1) is 13.8 Å². The van der Waals surface area contributed by atoms with Crippen LogP contribution in [-0.2, 0) is 0 Å². The summed E-state index contributed by atoms with van der Waals surface area (Å²) < 4.78 is 5.58. The van der Waals surface area contributed by atoms with E-state index in [1.165, 1.54) is 43.4 Å². The molecule has 0 N–H and O–H groups in total. The summed E-state index contributed by atoms with van der Waals surface area (Å²) in [4.78, 5) is 0. The molecule has 0 aliphatic rings. The van der Waals surface area contributed by atoms with Crippen molar-refractivity contribution in [2.24, 2.45) is 0 Å². The van der Waals surface area contributed by atoms with Crippen LogP contribution in [0.3, 0.4) is 0 Å². The lowest BCUT2D eigenvalue weighted by Crippen LogP contribution is -1.91. The third-order valence-corrected chi connectivity index (χ3v) is 4.25. The van der Waals surface area contributed by atoms with Crippen molar-refractivity contribution in [2.45, 2.75) is 13.8 Å². The van der Waals surface area contributed by atoms with E-state index in [1.807, 2.05) is 0 Å². The van der Waals surface area contributed by atoms with Gasteiger partial charge >= 0.3 is 0 Å². The van der Waals surface area contributed by atoms with Gasteiger partial charge < -0.3 is 4.74 Å². The fraction of sp³-hybridized carbons (Fsp3) is 0.158. The molecule has 0 fully saturated rings. The van der Waals surface area contributed by atoms with Crippen LogP contribution in [-0.4, -0.2) is 7.11 Å². The molecule has 20 heavy (non-hydrogen) atoms. The van der Waals surface area contributed by atoms with Gasteiger partial charge in [0, 0.05) is 10.8 Å².